The van der Waals surface area contributed by atoms with Crippen molar-refractivity contribution >= 4 is 26.0 Å². The molecule has 0 spiro atoms. The molecule has 2 N–H and O–H groups in total. The second-order valence-corrected chi connectivity index (χ2v) is 6.33. The predicted octanol–water partition coefficient (Wildman–Crippen LogP) is 1.51. The molecule has 1 aromatic rings. The predicted molar refractivity (Wildman–Crippen MR) is 72.2 cm³/mol. The topological polar surface area (TPSA) is 75.6 Å². The Morgan fingerprint density at radius 1 is 1.50 bits per heavy atom. The maximum Gasteiger partial charge on any atom is 0.244 e. The molecule has 1 aromatic carbocycles. The zero-order valence-electron chi connectivity index (χ0n) is 10.2. The minimum Gasteiger partial charge on any atom is -0.492 e. The molecular formula is C11H16BrNO4S. The molecule has 0 saturated heterocycles. The van der Waals surface area contributed by atoms with Gasteiger partial charge in [0.15, 0.2) is 0 Å². The van der Waals surface area contributed by atoms with Gasteiger partial charge in [-0.25, -0.2) is 13.1 Å². The largest absolute Gasteiger partial charge is 0.492 e. The summed E-state index contributed by atoms with van der Waals surface area (Å²) >= 11 is 3.23. The average Bonchev–Trinajstić information content (AvgIpc) is 2.31. The van der Waals surface area contributed by atoms with Crippen LogP contribution in [0.3, 0.4) is 0 Å². The van der Waals surface area contributed by atoms with Crippen LogP contribution in [0.1, 0.15) is 13.8 Å². The van der Waals surface area contributed by atoms with Gasteiger partial charge in [-0.15, -0.1) is 0 Å². The average molecular weight is 338 g/mol. The maximum absolute atomic E-state index is 12.1. The third-order valence-electron chi connectivity index (χ3n) is 2.13. The fraction of sp³-hybridized carbons (Fsp3) is 0.455. The van der Waals surface area contributed by atoms with Crippen LogP contribution < -0.4 is 9.46 Å². The van der Waals surface area contributed by atoms with Gasteiger partial charge in [-0.3, -0.25) is 0 Å². The van der Waals surface area contributed by atoms with Gasteiger partial charge in [-0.1, -0.05) is 15.9 Å². The molecule has 18 heavy (non-hydrogen) atoms. The molecule has 0 aliphatic carbocycles. The fourth-order valence-electron chi connectivity index (χ4n) is 1.33. The first-order chi connectivity index (χ1) is 8.40. The van der Waals surface area contributed by atoms with Crippen LogP contribution in [-0.2, 0) is 10.0 Å². The number of sulfonamides is 1. The van der Waals surface area contributed by atoms with Crippen LogP contribution in [0, 0.1) is 0 Å². The number of nitrogens with one attached hydrogen (secondary N) is 1. The number of benzene rings is 1. The highest BCUT2D eigenvalue weighted by Crippen LogP contribution is 2.27. The number of ether oxygens (including phenoxy) is 1. The maximum atomic E-state index is 12.1. The Labute approximate surface area is 115 Å². The molecule has 1 unspecified atom stereocenters. The Bertz CT molecular complexity index is 504. The molecule has 1 atom stereocenters. The summed E-state index contributed by atoms with van der Waals surface area (Å²) in [5.74, 6) is 0.290. The summed E-state index contributed by atoms with van der Waals surface area (Å²) in [5, 5.41) is 8.90. The molecule has 1 rings (SSSR count). The second-order valence-electron chi connectivity index (χ2n) is 3.73. The molecule has 0 aliphatic heterocycles. The van der Waals surface area contributed by atoms with E-state index in [9.17, 15) is 8.42 Å². The zero-order valence-corrected chi connectivity index (χ0v) is 12.6. The van der Waals surface area contributed by atoms with E-state index in [4.69, 9.17) is 9.84 Å². The van der Waals surface area contributed by atoms with Crippen LogP contribution in [0.4, 0.5) is 0 Å². The standard InChI is InChI=1S/C11H16BrNO4S/c1-3-17-10-5-4-9(12)6-11(10)18(15,16)13-8(2)7-14/h4-6,8,13-14H,3,7H2,1-2H3. The lowest BCUT2D eigenvalue weighted by Gasteiger charge is -2.15. The summed E-state index contributed by atoms with van der Waals surface area (Å²) in [7, 11) is -3.71. The van der Waals surface area contributed by atoms with Crippen molar-refractivity contribution in [1.82, 2.24) is 4.72 Å². The number of halogens is 1. The summed E-state index contributed by atoms with van der Waals surface area (Å²) in [6.07, 6.45) is 0. The van der Waals surface area contributed by atoms with E-state index in [-0.39, 0.29) is 11.5 Å². The van der Waals surface area contributed by atoms with E-state index in [1.807, 2.05) is 0 Å². The van der Waals surface area contributed by atoms with Crippen molar-refractivity contribution in [2.45, 2.75) is 24.8 Å². The summed E-state index contributed by atoms with van der Waals surface area (Å²) < 4.78 is 32.6. The summed E-state index contributed by atoms with van der Waals surface area (Å²) in [6.45, 7) is 3.47. The summed E-state index contributed by atoms with van der Waals surface area (Å²) in [5.41, 5.74) is 0. The van der Waals surface area contributed by atoms with Gasteiger partial charge in [0, 0.05) is 10.5 Å². The van der Waals surface area contributed by atoms with Crippen LogP contribution >= 0.6 is 15.9 Å². The smallest absolute Gasteiger partial charge is 0.244 e. The van der Waals surface area contributed by atoms with Crippen molar-refractivity contribution in [3.8, 4) is 5.75 Å². The Kier molecular flexibility index (Phi) is 5.58. The number of rotatable bonds is 6. The van der Waals surface area contributed by atoms with Gasteiger partial charge in [0.05, 0.1) is 13.2 Å². The highest BCUT2D eigenvalue weighted by Gasteiger charge is 2.21. The van der Waals surface area contributed by atoms with Crippen molar-refractivity contribution in [2.75, 3.05) is 13.2 Å². The van der Waals surface area contributed by atoms with Crippen molar-refractivity contribution < 1.29 is 18.3 Å². The normalized spacial score (nSPS) is 13.3. The van der Waals surface area contributed by atoms with Crippen molar-refractivity contribution in [3.63, 3.8) is 0 Å². The lowest BCUT2D eigenvalue weighted by Crippen LogP contribution is -2.35. The zero-order chi connectivity index (χ0) is 13.8. The first kappa shape index (κ1) is 15.4. The van der Waals surface area contributed by atoms with Gasteiger partial charge < -0.3 is 9.84 Å². The van der Waals surface area contributed by atoms with Gasteiger partial charge in [0.2, 0.25) is 10.0 Å². The van der Waals surface area contributed by atoms with Gasteiger partial charge >= 0.3 is 0 Å². The molecule has 0 bridgehead atoms. The van der Waals surface area contributed by atoms with Crippen LogP contribution in [0.25, 0.3) is 0 Å². The van der Waals surface area contributed by atoms with Crippen LogP contribution in [0.2, 0.25) is 0 Å². The summed E-state index contributed by atoms with van der Waals surface area (Å²) in [6, 6.07) is 4.21. The Morgan fingerprint density at radius 3 is 2.72 bits per heavy atom. The Balaban J connectivity index is 3.17. The highest BCUT2D eigenvalue weighted by atomic mass is 79.9. The SMILES string of the molecule is CCOc1ccc(Br)cc1S(=O)(=O)NC(C)CO. The van der Waals surface area contributed by atoms with Crippen LogP contribution in [-0.4, -0.2) is 32.8 Å². The van der Waals surface area contributed by atoms with Gasteiger partial charge in [-0.05, 0) is 32.0 Å². The number of aliphatic hydroxyl groups is 1. The third kappa shape index (κ3) is 3.94. The molecule has 0 aliphatic rings. The minimum absolute atomic E-state index is 0.0547. The molecule has 0 aromatic heterocycles. The molecule has 102 valence electrons. The van der Waals surface area contributed by atoms with E-state index in [0.717, 1.165) is 0 Å². The molecule has 0 amide bonds. The molecule has 0 radical (unpaired) electrons. The summed E-state index contributed by atoms with van der Waals surface area (Å²) in [4.78, 5) is 0.0547. The molecular weight excluding hydrogens is 322 g/mol. The molecule has 0 fully saturated rings. The second kappa shape index (κ2) is 6.51. The third-order valence-corrected chi connectivity index (χ3v) is 4.23. The first-order valence-electron chi connectivity index (χ1n) is 5.46. The number of aliphatic hydroxyl groups excluding tert-OH is 1. The lowest BCUT2D eigenvalue weighted by atomic mass is 10.3. The van der Waals surface area contributed by atoms with Crippen LogP contribution in [0.15, 0.2) is 27.6 Å². The molecule has 0 saturated carbocycles. The van der Waals surface area contributed by atoms with E-state index in [1.54, 1.807) is 26.0 Å². The van der Waals surface area contributed by atoms with E-state index in [2.05, 4.69) is 20.7 Å². The number of hydrogen-bond donors (Lipinski definition) is 2. The van der Waals surface area contributed by atoms with E-state index >= 15 is 0 Å². The molecule has 5 nitrogen and oxygen atoms in total. The fourth-order valence-corrected chi connectivity index (χ4v) is 3.25. The monoisotopic (exact) mass is 337 g/mol. The highest BCUT2D eigenvalue weighted by molar-refractivity contribution is 9.10. The van der Waals surface area contributed by atoms with Gasteiger partial charge in [-0.2, -0.15) is 0 Å². The number of hydrogen-bond acceptors (Lipinski definition) is 4. The minimum atomic E-state index is -3.71. The van der Waals surface area contributed by atoms with E-state index < -0.39 is 16.1 Å². The molecule has 0 heterocycles. The van der Waals surface area contributed by atoms with E-state index in [1.165, 1.54) is 6.07 Å². The first-order valence-corrected chi connectivity index (χ1v) is 7.74. The van der Waals surface area contributed by atoms with Crippen molar-refractivity contribution in [2.24, 2.45) is 0 Å². The van der Waals surface area contributed by atoms with E-state index in [0.29, 0.717) is 16.8 Å². The van der Waals surface area contributed by atoms with Crippen LogP contribution in [0.5, 0.6) is 5.75 Å². The molecule has 7 heteroatoms. The lowest BCUT2D eigenvalue weighted by molar-refractivity contribution is 0.265. The Morgan fingerprint density at radius 2 is 2.17 bits per heavy atom. The van der Waals surface area contributed by atoms with Crippen molar-refractivity contribution in [1.29, 1.82) is 0 Å². The van der Waals surface area contributed by atoms with Gasteiger partial charge in [0.25, 0.3) is 0 Å². The van der Waals surface area contributed by atoms with Gasteiger partial charge in [0.1, 0.15) is 10.6 Å². The quantitative estimate of drug-likeness (QED) is 0.824. The Hall–Kier alpha value is -0.630. The van der Waals surface area contributed by atoms with Crippen molar-refractivity contribution in [3.05, 3.63) is 22.7 Å².